The molecule has 20 heavy (non-hydrogen) atoms. The molecule has 6 nitrogen and oxygen atoms in total. The van der Waals surface area contributed by atoms with Crippen molar-refractivity contribution >= 4 is 27.7 Å². The van der Waals surface area contributed by atoms with Crippen molar-refractivity contribution in [1.29, 1.82) is 0 Å². The van der Waals surface area contributed by atoms with Crippen LogP contribution in [0.4, 0.5) is 0 Å². The average Bonchev–Trinajstić information content (AvgIpc) is 2.91. The van der Waals surface area contributed by atoms with Gasteiger partial charge in [-0.2, -0.15) is 0 Å². The lowest BCUT2D eigenvalue weighted by molar-refractivity contribution is -0.122. The van der Waals surface area contributed by atoms with Gasteiger partial charge < -0.3 is 15.1 Å². The maximum absolute atomic E-state index is 12.2. The van der Waals surface area contributed by atoms with Gasteiger partial charge in [-0.1, -0.05) is 28.1 Å². The number of amides is 2. The van der Waals surface area contributed by atoms with Crippen LogP contribution >= 0.6 is 15.9 Å². The smallest absolute Gasteiger partial charge is 0.276 e. The highest BCUT2D eigenvalue weighted by atomic mass is 79.9. The zero-order chi connectivity index (χ0) is 14.7. The summed E-state index contributed by atoms with van der Waals surface area (Å²) >= 11 is 3.32. The molecule has 0 aliphatic rings. The quantitative estimate of drug-likeness (QED) is 0.919. The highest BCUT2D eigenvalue weighted by Crippen LogP contribution is 2.23. The third-order valence-corrected chi connectivity index (χ3v) is 3.29. The molecule has 2 N–H and O–H groups in total. The molecule has 1 atom stereocenters. The van der Waals surface area contributed by atoms with E-state index in [1.54, 1.807) is 18.2 Å². The number of nitrogens with two attached hydrogens (primary N) is 1. The van der Waals surface area contributed by atoms with Gasteiger partial charge in [0.1, 0.15) is 12.3 Å². The summed E-state index contributed by atoms with van der Waals surface area (Å²) in [5.41, 5.74) is 6.16. The van der Waals surface area contributed by atoms with E-state index in [-0.39, 0.29) is 5.69 Å². The highest BCUT2D eigenvalue weighted by molar-refractivity contribution is 9.10. The van der Waals surface area contributed by atoms with E-state index in [2.05, 4.69) is 20.9 Å². The van der Waals surface area contributed by atoms with E-state index >= 15 is 0 Å². The summed E-state index contributed by atoms with van der Waals surface area (Å²) < 4.78 is 5.56. The van der Waals surface area contributed by atoms with Crippen LogP contribution in [0.1, 0.15) is 22.1 Å². The molecule has 0 aliphatic carbocycles. The Morgan fingerprint density at radius 3 is 2.75 bits per heavy atom. The fourth-order valence-corrected chi connectivity index (χ4v) is 2.29. The van der Waals surface area contributed by atoms with Gasteiger partial charge in [0.15, 0.2) is 12.1 Å². The van der Waals surface area contributed by atoms with E-state index in [0.717, 1.165) is 10.9 Å². The van der Waals surface area contributed by atoms with Crippen LogP contribution < -0.4 is 5.73 Å². The molecule has 0 radical (unpaired) electrons. The van der Waals surface area contributed by atoms with Gasteiger partial charge in [0, 0.05) is 11.5 Å². The second kappa shape index (κ2) is 5.87. The maximum Gasteiger partial charge on any atom is 0.276 e. The normalized spacial score (nSPS) is 11.9. The number of aromatic nitrogens is 1. The lowest BCUT2D eigenvalue weighted by atomic mass is 10.0. The number of likely N-dealkylation sites (N-methyl/N-ethyl adjacent to an activating group) is 1. The number of primary amides is 1. The predicted molar refractivity (Wildman–Crippen MR) is 74.7 cm³/mol. The van der Waals surface area contributed by atoms with Crippen molar-refractivity contribution in [3.05, 3.63) is 52.7 Å². The minimum atomic E-state index is -0.878. The van der Waals surface area contributed by atoms with Gasteiger partial charge in [0.25, 0.3) is 5.91 Å². The zero-order valence-electron chi connectivity index (χ0n) is 10.6. The van der Waals surface area contributed by atoms with Gasteiger partial charge in [-0.25, -0.2) is 4.98 Å². The minimum Gasteiger partial charge on any atom is -0.451 e. The summed E-state index contributed by atoms with van der Waals surface area (Å²) in [6.07, 6.45) is 2.37. The Kier molecular flexibility index (Phi) is 4.19. The number of carbonyl (C=O) groups excluding carboxylic acids is 2. The SMILES string of the molecule is CN(C(=O)c1cocn1)C(C(N)=O)c1cccc(Br)c1. The summed E-state index contributed by atoms with van der Waals surface area (Å²) in [4.78, 5) is 28.9. The Morgan fingerprint density at radius 2 is 2.20 bits per heavy atom. The van der Waals surface area contributed by atoms with E-state index in [1.165, 1.54) is 18.2 Å². The van der Waals surface area contributed by atoms with Crippen LogP contribution in [-0.4, -0.2) is 28.7 Å². The second-order valence-electron chi connectivity index (χ2n) is 4.15. The number of hydrogen-bond acceptors (Lipinski definition) is 4. The monoisotopic (exact) mass is 337 g/mol. The van der Waals surface area contributed by atoms with Crippen molar-refractivity contribution in [1.82, 2.24) is 9.88 Å². The topological polar surface area (TPSA) is 89.4 Å². The molecule has 1 unspecified atom stereocenters. The molecule has 0 saturated carbocycles. The summed E-state index contributed by atoms with van der Waals surface area (Å²) in [6, 6.07) is 6.18. The van der Waals surface area contributed by atoms with Gasteiger partial charge in [-0.05, 0) is 17.7 Å². The summed E-state index contributed by atoms with van der Waals surface area (Å²) in [5.74, 6) is -1.06. The molecule has 0 bridgehead atoms. The lowest BCUT2D eigenvalue weighted by Crippen LogP contribution is -2.39. The molecule has 2 rings (SSSR count). The van der Waals surface area contributed by atoms with Gasteiger partial charge in [-0.3, -0.25) is 9.59 Å². The fourth-order valence-electron chi connectivity index (χ4n) is 1.87. The van der Waals surface area contributed by atoms with Crippen LogP contribution in [0.3, 0.4) is 0 Å². The molecule has 2 amide bonds. The molecule has 1 heterocycles. The Hall–Kier alpha value is -2.15. The minimum absolute atomic E-state index is 0.119. The van der Waals surface area contributed by atoms with Crippen molar-refractivity contribution in [3.8, 4) is 0 Å². The van der Waals surface area contributed by atoms with Crippen LogP contribution in [0.2, 0.25) is 0 Å². The second-order valence-corrected chi connectivity index (χ2v) is 5.07. The Bertz CT molecular complexity index is 628. The number of halogens is 1. The van der Waals surface area contributed by atoms with Crippen LogP contribution in [-0.2, 0) is 4.79 Å². The van der Waals surface area contributed by atoms with Crippen molar-refractivity contribution in [3.63, 3.8) is 0 Å². The first-order valence-corrected chi connectivity index (χ1v) is 6.50. The molecular weight excluding hydrogens is 326 g/mol. The summed E-state index contributed by atoms with van der Waals surface area (Å²) in [6.45, 7) is 0. The van der Waals surface area contributed by atoms with Gasteiger partial charge in [-0.15, -0.1) is 0 Å². The van der Waals surface area contributed by atoms with E-state index < -0.39 is 17.9 Å². The number of carbonyl (C=O) groups is 2. The van der Waals surface area contributed by atoms with E-state index in [4.69, 9.17) is 10.2 Å². The molecule has 0 spiro atoms. The predicted octanol–water partition coefficient (Wildman–Crippen LogP) is 1.74. The average molecular weight is 338 g/mol. The maximum atomic E-state index is 12.2. The summed E-state index contributed by atoms with van der Waals surface area (Å²) in [5, 5.41) is 0. The van der Waals surface area contributed by atoms with Crippen molar-refractivity contribution in [2.24, 2.45) is 5.73 Å². The zero-order valence-corrected chi connectivity index (χ0v) is 12.2. The molecule has 0 fully saturated rings. The number of oxazole rings is 1. The van der Waals surface area contributed by atoms with Crippen LogP contribution in [0.5, 0.6) is 0 Å². The number of nitrogens with zero attached hydrogens (tertiary/aromatic N) is 2. The molecule has 1 aromatic heterocycles. The third-order valence-electron chi connectivity index (χ3n) is 2.79. The number of hydrogen-bond donors (Lipinski definition) is 1. The van der Waals surface area contributed by atoms with Crippen molar-refractivity contribution in [2.45, 2.75) is 6.04 Å². The molecule has 7 heteroatoms. The Labute approximate surface area is 123 Å². The number of rotatable bonds is 4. The molecule has 104 valence electrons. The lowest BCUT2D eigenvalue weighted by Gasteiger charge is -2.25. The fraction of sp³-hybridized carbons (Fsp3) is 0.154. The van der Waals surface area contributed by atoms with Crippen molar-refractivity contribution in [2.75, 3.05) is 7.05 Å². The third kappa shape index (κ3) is 2.88. The van der Waals surface area contributed by atoms with Crippen molar-refractivity contribution < 1.29 is 14.0 Å². The molecule has 2 aromatic rings. The first kappa shape index (κ1) is 14.3. The molecule has 0 aliphatic heterocycles. The Morgan fingerprint density at radius 1 is 1.45 bits per heavy atom. The molecular formula is C13H12BrN3O3. The van der Waals surface area contributed by atoms with Gasteiger partial charge in [0.05, 0.1) is 0 Å². The first-order valence-electron chi connectivity index (χ1n) is 5.71. The molecule has 0 saturated heterocycles. The molecule has 1 aromatic carbocycles. The number of benzene rings is 1. The van der Waals surface area contributed by atoms with Crippen LogP contribution in [0.15, 0.2) is 45.8 Å². The van der Waals surface area contributed by atoms with Gasteiger partial charge >= 0.3 is 0 Å². The largest absolute Gasteiger partial charge is 0.451 e. The van der Waals surface area contributed by atoms with Crippen LogP contribution in [0.25, 0.3) is 0 Å². The van der Waals surface area contributed by atoms with Crippen LogP contribution in [0, 0.1) is 0 Å². The van der Waals surface area contributed by atoms with E-state index in [1.807, 2.05) is 6.07 Å². The Balaban J connectivity index is 2.34. The highest BCUT2D eigenvalue weighted by Gasteiger charge is 2.28. The first-order chi connectivity index (χ1) is 9.50. The summed E-state index contributed by atoms with van der Waals surface area (Å²) in [7, 11) is 1.49. The van der Waals surface area contributed by atoms with Gasteiger partial charge in [0.2, 0.25) is 5.91 Å². The standard InChI is InChI=1S/C13H12BrN3O3/c1-17(13(19)10-6-20-7-16-10)11(12(15)18)8-3-2-4-9(14)5-8/h2-7,11H,1H3,(H2,15,18). The van der Waals surface area contributed by atoms with E-state index in [0.29, 0.717) is 5.56 Å². The van der Waals surface area contributed by atoms with E-state index in [9.17, 15) is 9.59 Å².